The molecule has 0 amide bonds. The Labute approximate surface area is 146 Å². The number of hydrogen-bond acceptors (Lipinski definition) is 0. The highest BCUT2D eigenvalue weighted by molar-refractivity contribution is 5.77. The number of rotatable bonds is 2. The molecule has 2 aromatic carbocycles. The van der Waals surface area contributed by atoms with Crippen molar-refractivity contribution in [3.8, 4) is 11.1 Å². The molecule has 128 valence electrons. The van der Waals surface area contributed by atoms with Gasteiger partial charge in [-0.1, -0.05) is 73.7 Å². The topological polar surface area (TPSA) is 0 Å². The summed E-state index contributed by atoms with van der Waals surface area (Å²) in [5.41, 5.74) is 2.86. The molecule has 2 aromatic rings. The average molecular weight is 340 g/mol. The van der Waals surface area contributed by atoms with Gasteiger partial charge in [0.05, 0.1) is 5.56 Å². The largest absolute Gasteiger partial charge is 0.416 e. The Morgan fingerprint density at radius 2 is 1.64 bits per heavy atom. The van der Waals surface area contributed by atoms with E-state index in [0.717, 1.165) is 29.2 Å². The van der Waals surface area contributed by atoms with E-state index in [0.29, 0.717) is 11.5 Å². The first-order valence-corrected chi connectivity index (χ1v) is 8.26. The first-order chi connectivity index (χ1) is 11.9. The van der Waals surface area contributed by atoms with Crippen LogP contribution >= 0.6 is 0 Å². The summed E-state index contributed by atoms with van der Waals surface area (Å²) in [6.07, 6.45) is 7.21. The van der Waals surface area contributed by atoms with E-state index in [9.17, 15) is 13.2 Å². The molecule has 1 unspecified atom stereocenters. The molecule has 1 aliphatic rings. The third-order valence-corrected chi connectivity index (χ3v) is 4.26. The summed E-state index contributed by atoms with van der Waals surface area (Å²) in [7, 11) is 0. The highest BCUT2D eigenvalue weighted by Gasteiger charge is 2.30. The molecule has 0 fully saturated rings. The number of hydrogen-bond donors (Lipinski definition) is 0. The van der Waals surface area contributed by atoms with E-state index in [1.165, 1.54) is 12.1 Å². The summed E-state index contributed by atoms with van der Waals surface area (Å²) >= 11 is 0. The van der Waals surface area contributed by atoms with Gasteiger partial charge in [-0.25, -0.2) is 0 Å². The van der Waals surface area contributed by atoms with Crippen LogP contribution in [0, 0.1) is 5.92 Å². The Balaban J connectivity index is 1.88. The van der Waals surface area contributed by atoms with Crippen molar-refractivity contribution in [2.24, 2.45) is 5.92 Å². The number of halogens is 3. The van der Waals surface area contributed by atoms with Gasteiger partial charge in [0.15, 0.2) is 0 Å². The van der Waals surface area contributed by atoms with Gasteiger partial charge in [0.1, 0.15) is 0 Å². The van der Waals surface area contributed by atoms with E-state index in [1.54, 1.807) is 6.07 Å². The predicted octanol–water partition coefficient (Wildman–Crippen LogP) is 6.91. The lowest BCUT2D eigenvalue weighted by molar-refractivity contribution is -0.137. The van der Waals surface area contributed by atoms with E-state index in [-0.39, 0.29) is 0 Å². The van der Waals surface area contributed by atoms with Crippen LogP contribution in [0.3, 0.4) is 0 Å². The zero-order chi connectivity index (χ0) is 17.9. The van der Waals surface area contributed by atoms with Crippen molar-refractivity contribution in [2.45, 2.75) is 19.5 Å². The van der Waals surface area contributed by atoms with Gasteiger partial charge in [-0.15, -0.1) is 0 Å². The SMILES string of the molecule is CC1\C=C/C=C(c2ccc(-c3cccc(C(F)(F)F)c3)cc2)\C=C\C1. The summed E-state index contributed by atoms with van der Waals surface area (Å²) in [5, 5.41) is 0. The Bertz CT molecular complexity index is 821. The maximum absolute atomic E-state index is 12.9. The average Bonchev–Trinajstić information content (AvgIpc) is 2.58. The molecular weight excluding hydrogens is 321 g/mol. The van der Waals surface area contributed by atoms with Crippen molar-refractivity contribution in [3.63, 3.8) is 0 Å². The van der Waals surface area contributed by atoms with Gasteiger partial charge < -0.3 is 0 Å². The van der Waals surface area contributed by atoms with Crippen LogP contribution in [0.1, 0.15) is 24.5 Å². The van der Waals surface area contributed by atoms with Gasteiger partial charge in [0.25, 0.3) is 0 Å². The molecule has 1 aliphatic carbocycles. The monoisotopic (exact) mass is 340 g/mol. The third kappa shape index (κ3) is 4.30. The molecule has 0 heterocycles. The molecular formula is C22H19F3. The maximum Gasteiger partial charge on any atom is 0.416 e. The van der Waals surface area contributed by atoms with Crippen LogP contribution in [0.25, 0.3) is 16.7 Å². The predicted molar refractivity (Wildman–Crippen MR) is 96.9 cm³/mol. The van der Waals surface area contributed by atoms with Crippen molar-refractivity contribution in [1.29, 1.82) is 0 Å². The second-order valence-electron chi connectivity index (χ2n) is 6.28. The van der Waals surface area contributed by atoms with Crippen LogP contribution in [-0.4, -0.2) is 0 Å². The van der Waals surface area contributed by atoms with Gasteiger partial charge in [-0.2, -0.15) is 13.2 Å². The zero-order valence-corrected chi connectivity index (χ0v) is 13.9. The van der Waals surface area contributed by atoms with E-state index in [1.807, 2.05) is 24.3 Å². The van der Waals surface area contributed by atoms with Crippen LogP contribution < -0.4 is 0 Å². The van der Waals surface area contributed by atoms with Gasteiger partial charge in [0.2, 0.25) is 0 Å². The summed E-state index contributed by atoms with van der Waals surface area (Å²) in [5.74, 6) is 0.525. The molecule has 3 rings (SSSR count). The number of allylic oxidation sites excluding steroid dienone is 6. The normalized spacial score (nSPS) is 22.4. The molecule has 0 saturated carbocycles. The smallest absolute Gasteiger partial charge is 0.166 e. The Morgan fingerprint density at radius 3 is 2.36 bits per heavy atom. The summed E-state index contributed by atoms with van der Waals surface area (Å²) in [4.78, 5) is 0. The van der Waals surface area contributed by atoms with Crippen LogP contribution in [0.5, 0.6) is 0 Å². The molecule has 0 nitrogen and oxygen atoms in total. The number of alkyl halides is 3. The summed E-state index contributed by atoms with van der Waals surface area (Å²) < 4.78 is 38.6. The first-order valence-electron chi connectivity index (χ1n) is 8.26. The van der Waals surface area contributed by atoms with E-state index >= 15 is 0 Å². The highest BCUT2D eigenvalue weighted by Crippen LogP contribution is 2.32. The molecule has 0 aromatic heterocycles. The van der Waals surface area contributed by atoms with E-state index in [4.69, 9.17) is 0 Å². The molecule has 0 saturated heterocycles. The van der Waals surface area contributed by atoms with Crippen molar-refractivity contribution in [2.75, 3.05) is 0 Å². The lowest BCUT2D eigenvalue weighted by atomic mass is 9.96. The van der Waals surface area contributed by atoms with Crippen LogP contribution in [0.2, 0.25) is 0 Å². The first kappa shape index (κ1) is 17.3. The third-order valence-electron chi connectivity index (χ3n) is 4.26. The minimum atomic E-state index is -4.33. The fourth-order valence-electron chi connectivity index (χ4n) is 2.82. The second-order valence-corrected chi connectivity index (χ2v) is 6.28. The number of benzene rings is 2. The highest BCUT2D eigenvalue weighted by atomic mass is 19.4. The van der Waals surface area contributed by atoms with Crippen LogP contribution in [0.15, 0.2) is 78.9 Å². The minimum Gasteiger partial charge on any atom is -0.166 e. The van der Waals surface area contributed by atoms with Crippen molar-refractivity contribution < 1.29 is 13.2 Å². The Hall–Kier alpha value is -2.55. The minimum absolute atomic E-state index is 0.525. The fourth-order valence-corrected chi connectivity index (χ4v) is 2.82. The Morgan fingerprint density at radius 1 is 0.920 bits per heavy atom. The van der Waals surface area contributed by atoms with Crippen molar-refractivity contribution >= 4 is 5.57 Å². The fraction of sp³-hybridized carbons (Fsp3) is 0.182. The van der Waals surface area contributed by atoms with Gasteiger partial charge >= 0.3 is 6.18 Å². The van der Waals surface area contributed by atoms with Gasteiger partial charge in [0, 0.05) is 0 Å². The second kappa shape index (κ2) is 7.14. The van der Waals surface area contributed by atoms with E-state index < -0.39 is 11.7 Å². The zero-order valence-electron chi connectivity index (χ0n) is 13.9. The van der Waals surface area contributed by atoms with E-state index in [2.05, 4.69) is 37.3 Å². The lowest BCUT2D eigenvalue weighted by Gasteiger charge is -2.10. The molecule has 0 aliphatic heterocycles. The molecule has 1 atom stereocenters. The molecule has 0 radical (unpaired) electrons. The molecule has 25 heavy (non-hydrogen) atoms. The maximum atomic E-state index is 12.9. The summed E-state index contributed by atoms with van der Waals surface area (Å²) in [6, 6.07) is 13.1. The Kier molecular flexibility index (Phi) is 4.93. The molecule has 3 heteroatoms. The van der Waals surface area contributed by atoms with Gasteiger partial charge in [-0.05, 0) is 46.7 Å². The standard InChI is InChI=1S/C22H19F3/c1-16-5-2-7-17(8-3-6-16)18-11-13-19(14-12-18)20-9-4-10-21(15-20)22(23,24)25/h2-5,7-16H,6H2,1H3/b5-2-,8-3+,17-7+. The van der Waals surface area contributed by atoms with Gasteiger partial charge in [-0.3, -0.25) is 0 Å². The lowest BCUT2D eigenvalue weighted by Crippen LogP contribution is -2.04. The van der Waals surface area contributed by atoms with Crippen LogP contribution in [-0.2, 0) is 6.18 Å². The molecule has 0 N–H and O–H groups in total. The molecule has 0 spiro atoms. The van der Waals surface area contributed by atoms with Crippen LogP contribution in [0.4, 0.5) is 13.2 Å². The van der Waals surface area contributed by atoms with Crippen molar-refractivity contribution in [3.05, 3.63) is 90.0 Å². The van der Waals surface area contributed by atoms with Crippen molar-refractivity contribution in [1.82, 2.24) is 0 Å². The summed E-state index contributed by atoms with van der Waals surface area (Å²) in [6.45, 7) is 2.17. The quantitative estimate of drug-likeness (QED) is 0.557. The molecule has 0 bridgehead atoms.